The van der Waals surface area contributed by atoms with Crippen LogP contribution in [0.3, 0.4) is 0 Å². The molecule has 0 radical (unpaired) electrons. The van der Waals surface area contributed by atoms with Crippen LogP contribution in [-0.4, -0.2) is 34.3 Å². The number of nitrogens with zero attached hydrogens (tertiary/aromatic N) is 2. The van der Waals surface area contributed by atoms with Crippen molar-refractivity contribution in [2.75, 3.05) is 12.3 Å². The number of aromatic carboxylic acids is 1. The van der Waals surface area contributed by atoms with Crippen molar-refractivity contribution in [1.29, 1.82) is 0 Å². The largest absolute Gasteiger partial charge is 0.545 e. The van der Waals surface area contributed by atoms with Crippen molar-refractivity contribution >= 4 is 34.5 Å². The fraction of sp³-hybridized carbons (Fsp3) is 0.182. The molecule has 0 atom stereocenters. The molecule has 1 aliphatic heterocycles. The van der Waals surface area contributed by atoms with Gasteiger partial charge in [-0.25, -0.2) is 0 Å². The van der Waals surface area contributed by atoms with Crippen LogP contribution in [0.4, 0.5) is 5.69 Å². The summed E-state index contributed by atoms with van der Waals surface area (Å²) in [4.78, 5) is 37.1. The number of hydrogen-bond acceptors (Lipinski definition) is 7. The minimum Gasteiger partial charge on any atom is -0.545 e. The van der Waals surface area contributed by atoms with Gasteiger partial charge in [-0.3, -0.25) is 19.9 Å². The Balaban J connectivity index is 2.44. The van der Waals surface area contributed by atoms with Crippen LogP contribution in [0, 0.1) is 10.1 Å². The molecule has 1 amide bonds. The lowest BCUT2D eigenvalue weighted by atomic mass is 10.0. The molecule has 0 saturated carbocycles. The number of carboxylic acid groups (broad SMARTS) is 1. The van der Waals surface area contributed by atoms with E-state index < -0.39 is 33.6 Å². The lowest BCUT2D eigenvalue weighted by Gasteiger charge is -2.10. The first-order chi connectivity index (χ1) is 9.50. The van der Waals surface area contributed by atoms with Crippen molar-refractivity contribution in [3.63, 3.8) is 0 Å². The van der Waals surface area contributed by atoms with Gasteiger partial charge >= 0.3 is 0 Å². The van der Waals surface area contributed by atoms with E-state index in [0.717, 1.165) is 12.1 Å². The van der Waals surface area contributed by atoms with Gasteiger partial charge in [0.05, 0.1) is 17.4 Å². The van der Waals surface area contributed by atoms with Gasteiger partial charge in [0.25, 0.3) is 11.6 Å². The average molecular weight is 294 g/mol. The Labute approximate surface area is 117 Å². The predicted octanol–water partition coefficient (Wildman–Crippen LogP) is -0.209. The number of rotatable bonds is 3. The normalized spacial score (nSPS) is 13.7. The smallest absolute Gasteiger partial charge is 0.282 e. The second kappa shape index (κ2) is 5.70. The van der Waals surface area contributed by atoms with Gasteiger partial charge in [-0.15, -0.1) is 0 Å². The molecule has 0 bridgehead atoms. The van der Waals surface area contributed by atoms with Gasteiger partial charge in [0.15, 0.2) is 5.17 Å². The lowest BCUT2D eigenvalue weighted by Crippen LogP contribution is -2.32. The third kappa shape index (κ3) is 2.77. The number of thioether (sulfide) groups is 1. The number of carbonyl (C=O) groups is 2. The summed E-state index contributed by atoms with van der Waals surface area (Å²) in [5, 5.41) is 24.6. The minimum absolute atomic E-state index is 0.317. The molecule has 0 fully saturated rings. The standard InChI is InChI=1S/C11H9N3O5S/c15-9(13-11-12-4-5-20-11)8-6(10(16)17)2-1-3-7(8)14(18)19/h1-3H,4-5H2,(H,16,17)(H,12,13,15)/p-1. The number of carbonyl (C=O) groups excluding carboxylic acids is 2. The van der Waals surface area contributed by atoms with Crippen LogP contribution in [0.2, 0.25) is 0 Å². The Hall–Kier alpha value is -2.42. The van der Waals surface area contributed by atoms with E-state index >= 15 is 0 Å². The van der Waals surface area contributed by atoms with Crippen LogP contribution in [0.25, 0.3) is 0 Å². The van der Waals surface area contributed by atoms with Crippen LogP contribution in [-0.2, 0) is 0 Å². The number of nitrogens with one attached hydrogen (secondary N) is 1. The molecule has 8 nitrogen and oxygen atoms in total. The molecule has 0 saturated heterocycles. The first-order valence-electron chi connectivity index (χ1n) is 5.48. The average Bonchev–Trinajstić information content (AvgIpc) is 2.90. The first kappa shape index (κ1) is 14.0. The second-order valence-electron chi connectivity index (χ2n) is 3.73. The molecule has 0 aromatic heterocycles. The van der Waals surface area contributed by atoms with E-state index in [4.69, 9.17) is 0 Å². The van der Waals surface area contributed by atoms with E-state index in [1.54, 1.807) is 0 Å². The Morgan fingerprint density at radius 2 is 2.15 bits per heavy atom. The predicted molar refractivity (Wildman–Crippen MR) is 69.7 cm³/mol. The molecule has 1 heterocycles. The Bertz CT molecular complexity index is 596. The molecule has 9 heteroatoms. The molecular weight excluding hydrogens is 286 g/mol. The molecule has 0 spiro atoms. The SMILES string of the molecule is O=C([O-])c1cccc([N+](=O)[O-])c1C(=O)NC1=NCCS1. The van der Waals surface area contributed by atoms with Crippen molar-refractivity contribution in [2.45, 2.75) is 0 Å². The Morgan fingerprint density at radius 1 is 1.40 bits per heavy atom. The van der Waals surface area contributed by atoms with Crippen molar-refractivity contribution in [2.24, 2.45) is 4.99 Å². The second-order valence-corrected chi connectivity index (χ2v) is 4.82. The third-order valence-corrected chi connectivity index (χ3v) is 3.38. The highest BCUT2D eigenvalue weighted by Gasteiger charge is 2.25. The summed E-state index contributed by atoms with van der Waals surface area (Å²) in [6.07, 6.45) is 0. The van der Waals surface area contributed by atoms with Crippen molar-refractivity contribution in [1.82, 2.24) is 5.32 Å². The van der Waals surface area contributed by atoms with Gasteiger partial charge < -0.3 is 15.2 Å². The van der Waals surface area contributed by atoms with E-state index in [1.165, 1.54) is 17.8 Å². The van der Waals surface area contributed by atoms with Crippen LogP contribution in [0.15, 0.2) is 23.2 Å². The van der Waals surface area contributed by atoms with Crippen molar-refractivity contribution < 1.29 is 19.6 Å². The van der Waals surface area contributed by atoms with Crippen LogP contribution >= 0.6 is 11.8 Å². The molecular formula is C11H8N3O5S-. The number of aliphatic imine (C=N–C) groups is 1. The summed E-state index contributed by atoms with van der Waals surface area (Å²) in [7, 11) is 0. The highest BCUT2D eigenvalue weighted by molar-refractivity contribution is 8.14. The molecule has 1 N–H and O–H groups in total. The molecule has 0 aliphatic carbocycles. The topological polar surface area (TPSA) is 125 Å². The van der Waals surface area contributed by atoms with Crippen LogP contribution < -0.4 is 10.4 Å². The zero-order chi connectivity index (χ0) is 14.7. The van der Waals surface area contributed by atoms with E-state index in [0.29, 0.717) is 17.5 Å². The Kier molecular flexibility index (Phi) is 3.99. The quantitative estimate of drug-likeness (QED) is 0.607. The summed E-state index contributed by atoms with van der Waals surface area (Å²) in [5.41, 5.74) is -1.65. The molecule has 0 unspecified atom stereocenters. The number of amides is 1. The summed E-state index contributed by atoms with van der Waals surface area (Å²) in [6, 6.07) is 3.33. The summed E-state index contributed by atoms with van der Waals surface area (Å²) in [6.45, 7) is 0.532. The summed E-state index contributed by atoms with van der Waals surface area (Å²) >= 11 is 1.28. The third-order valence-electron chi connectivity index (χ3n) is 2.49. The number of carboxylic acids is 1. The highest BCUT2D eigenvalue weighted by Crippen LogP contribution is 2.22. The first-order valence-corrected chi connectivity index (χ1v) is 6.46. The van der Waals surface area contributed by atoms with Gasteiger partial charge in [0.1, 0.15) is 5.56 Å². The maximum Gasteiger partial charge on any atom is 0.282 e. The molecule has 104 valence electrons. The maximum atomic E-state index is 12.1. The number of nitro benzene ring substituents is 1. The summed E-state index contributed by atoms with van der Waals surface area (Å²) < 4.78 is 0. The monoisotopic (exact) mass is 294 g/mol. The van der Waals surface area contributed by atoms with E-state index in [9.17, 15) is 24.8 Å². The molecule has 2 rings (SSSR count). The van der Waals surface area contributed by atoms with Crippen LogP contribution in [0.1, 0.15) is 20.7 Å². The van der Waals surface area contributed by atoms with Gasteiger partial charge in [0.2, 0.25) is 0 Å². The van der Waals surface area contributed by atoms with Crippen molar-refractivity contribution in [3.8, 4) is 0 Å². The van der Waals surface area contributed by atoms with E-state index in [-0.39, 0.29) is 0 Å². The molecule has 20 heavy (non-hydrogen) atoms. The maximum absolute atomic E-state index is 12.1. The number of benzene rings is 1. The minimum atomic E-state index is -1.65. The lowest BCUT2D eigenvalue weighted by molar-refractivity contribution is -0.385. The zero-order valence-corrected chi connectivity index (χ0v) is 10.8. The fourth-order valence-corrected chi connectivity index (χ4v) is 2.39. The van der Waals surface area contributed by atoms with Gasteiger partial charge in [-0.2, -0.15) is 0 Å². The summed E-state index contributed by atoms with van der Waals surface area (Å²) in [5.74, 6) is -1.84. The number of hydrogen-bond donors (Lipinski definition) is 1. The molecule has 1 aromatic carbocycles. The van der Waals surface area contributed by atoms with Gasteiger partial charge in [-0.1, -0.05) is 23.9 Å². The zero-order valence-electron chi connectivity index (χ0n) is 9.99. The number of nitro groups is 1. The van der Waals surface area contributed by atoms with E-state index in [1.807, 2.05) is 0 Å². The van der Waals surface area contributed by atoms with Gasteiger partial charge in [0, 0.05) is 17.4 Å². The Morgan fingerprint density at radius 3 is 2.70 bits per heavy atom. The molecule has 1 aromatic rings. The highest BCUT2D eigenvalue weighted by atomic mass is 32.2. The van der Waals surface area contributed by atoms with Crippen LogP contribution in [0.5, 0.6) is 0 Å². The van der Waals surface area contributed by atoms with Gasteiger partial charge in [-0.05, 0) is 0 Å². The fourth-order valence-electron chi connectivity index (χ4n) is 1.67. The number of amidine groups is 1. The molecule has 1 aliphatic rings. The van der Waals surface area contributed by atoms with Crippen molar-refractivity contribution in [3.05, 3.63) is 39.4 Å². The van der Waals surface area contributed by atoms with E-state index in [2.05, 4.69) is 10.3 Å².